The summed E-state index contributed by atoms with van der Waals surface area (Å²) < 4.78 is 0. The zero-order valence-corrected chi connectivity index (χ0v) is 29.8. The van der Waals surface area contributed by atoms with Crippen LogP contribution < -0.4 is 41.9 Å². The minimum Gasteiger partial charge on any atom is -0.871 e. The van der Waals surface area contributed by atoms with Crippen molar-refractivity contribution in [2.75, 3.05) is 26.2 Å². The van der Waals surface area contributed by atoms with Crippen molar-refractivity contribution < 1.29 is 61.3 Å². The van der Waals surface area contributed by atoms with Gasteiger partial charge in [0, 0.05) is 47.6 Å². The molecule has 0 fully saturated rings. The van der Waals surface area contributed by atoms with Crippen LogP contribution >= 0.6 is 0 Å². The molecule has 0 N–H and O–H groups in total. The van der Waals surface area contributed by atoms with Crippen LogP contribution in [-0.4, -0.2) is 26.2 Å². The molecule has 8 nitrogen and oxygen atoms in total. The van der Waals surface area contributed by atoms with Gasteiger partial charge in [0.25, 0.3) is 0 Å². The van der Waals surface area contributed by atoms with Crippen molar-refractivity contribution in [2.45, 2.75) is 38.5 Å². The third-order valence-corrected chi connectivity index (χ3v) is 6.67. The van der Waals surface area contributed by atoms with Crippen molar-refractivity contribution in [2.24, 2.45) is 20.0 Å². The summed E-state index contributed by atoms with van der Waals surface area (Å²) >= 11 is 0. The van der Waals surface area contributed by atoms with E-state index in [9.17, 15) is 20.4 Å². The summed E-state index contributed by atoms with van der Waals surface area (Å²) in [5.74, 6) is -0.204. The van der Waals surface area contributed by atoms with Gasteiger partial charge in [-0.2, -0.15) is 0 Å². The van der Waals surface area contributed by atoms with E-state index in [1.807, 2.05) is 48.5 Å². The molecule has 0 unspecified atom stereocenters. The number of hydrogen-bond acceptors (Lipinski definition) is 8. The fraction of sp³-hybridized carbons (Fsp3) is 0.263. The Labute approximate surface area is 310 Å². The van der Waals surface area contributed by atoms with Gasteiger partial charge >= 0.3 is 40.8 Å². The van der Waals surface area contributed by atoms with Gasteiger partial charge < -0.3 is 20.4 Å². The average Bonchev–Trinajstić information content (AvgIpc) is 3.57. The van der Waals surface area contributed by atoms with E-state index < -0.39 is 0 Å². The summed E-state index contributed by atoms with van der Waals surface area (Å²) in [4.78, 5) is 17.3. The molecule has 0 atom stereocenters. The quantitative estimate of drug-likeness (QED) is 0.160. The van der Waals surface area contributed by atoms with Gasteiger partial charge in [-0.1, -0.05) is 120 Å². The van der Waals surface area contributed by atoms with Crippen molar-refractivity contribution in [3.63, 3.8) is 0 Å². The van der Waals surface area contributed by atoms with E-state index in [4.69, 9.17) is 0 Å². The molecule has 0 bridgehead atoms. The normalized spacial score (nSPS) is 11.8. The van der Waals surface area contributed by atoms with E-state index in [1.54, 1.807) is 48.5 Å². The smallest absolute Gasteiger partial charge is 0.871 e. The van der Waals surface area contributed by atoms with Crippen LogP contribution in [0.5, 0.6) is 23.0 Å². The SMILES string of the molecule is [O-]c1cccccc1=NCCCCCN=c1cccccc1[O-].[O-]c1cccccc1=NCCCCCN=c1cccccc1[O-].[Pd+2].[Pd+2]. The average molecular weight is 830 g/mol. The second-order valence-electron chi connectivity index (χ2n) is 10.3. The maximum Gasteiger partial charge on any atom is 2.00 e. The Bertz CT molecular complexity index is 1530. The molecular weight excluding hydrogens is 789 g/mol. The molecule has 0 amide bonds. The minimum absolute atomic E-state index is 0. The maximum atomic E-state index is 11.7. The van der Waals surface area contributed by atoms with Crippen LogP contribution in [0.15, 0.2) is 141 Å². The number of unbranched alkanes of at least 4 members (excludes halogenated alkanes) is 4. The molecule has 0 saturated carbocycles. The first-order valence-corrected chi connectivity index (χ1v) is 15.6. The first kappa shape index (κ1) is 42.1. The molecule has 0 saturated heterocycles. The van der Waals surface area contributed by atoms with E-state index >= 15 is 0 Å². The Morgan fingerprint density at radius 2 is 0.500 bits per heavy atom. The Morgan fingerprint density at radius 3 is 0.729 bits per heavy atom. The number of hydrogen-bond donors (Lipinski definition) is 0. The van der Waals surface area contributed by atoms with Gasteiger partial charge in [-0.15, -0.1) is 0 Å². The van der Waals surface area contributed by atoms with E-state index in [0.717, 1.165) is 38.5 Å². The molecule has 0 heterocycles. The van der Waals surface area contributed by atoms with Crippen LogP contribution in [-0.2, 0) is 40.8 Å². The molecule has 0 aliphatic rings. The van der Waals surface area contributed by atoms with E-state index in [2.05, 4.69) is 20.0 Å². The third kappa shape index (κ3) is 17.3. The molecule has 0 spiro atoms. The molecule has 48 heavy (non-hydrogen) atoms. The zero-order chi connectivity index (χ0) is 32.7. The molecular formula is C38H40N4O4Pd2. The Hall–Kier alpha value is -3.92. The third-order valence-electron chi connectivity index (χ3n) is 6.67. The van der Waals surface area contributed by atoms with Gasteiger partial charge in [0.15, 0.2) is 0 Å². The van der Waals surface area contributed by atoms with Crippen LogP contribution in [0.25, 0.3) is 0 Å². The maximum absolute atomic E-state index is 11.7. The second kappa shape index (κ2) is 26.1. The van der Waals surface area contributed by atoms with Crippen LogP contribution in [0.1, 0.15) is 38.5 Å². The molecule has 0 aliphatic carbocycles. The number of nitrogens with zero attached hydrogens (tertiary/aromatic N) is 4. The largest absolute Gasteiger partial charge is 2.00 e. The molecule has 0 aliphatic heterocycles. The number of rotatable bonds is 12. The zero-order valence-electron chi connectivity index (χ0n) is 26.7. The van der Waals surface area contributed by atoms with Gasteiger partial charge in [0.2, 0.25) is 0 Å². The summed E-state index contributed by atoms with van der Waals surface area (Å²) in [5.41, 5.74) is 0. The van der Waals surface area contributed by atoms with Gasteiger partial charge in [-0.05, 0) is 62.8 Å². The molecule has 256 valence electrons. The van der Waals surface area contributed by atoms with Crippen LogP contribution in [0.3, 0.4) is 0 Å². The van der Waals surface area contributed by atoms with Gasteiger partial charge in [0.1, 0.15) is 0 Å². The minimum atomic E-state index is -0.0510. The summed E-state index contributed by atoms with van der Waals surface area (Å²) in [7, 11) is 0. The Morgan fingerprint density at radius 1 is 0.292 bits per heavy atom. The summed E-state index contributed by atoms with van der Waals surface area (Å²) in [6.07, 6.45) is 5.54. The van der Waals surface area contributed by atoms with Crippen molar-refractivity contribution in [1.29, 1.82) is 0 Å². The molecule has 4 aromatic carbocycles. The predicted octanol–water partition coefficient (Wildman–Crippen LogP) is 3.01. The summed E-state index contributed by atoms with van der Waals surface area (Å²) in [5, 5.41) is 48.7. The van der Waals surface area contributed by atoms with E-state index in [-0.39, 0.29) is 63.8 Å². The van der Waals surface area contributed by atoms with Gasteiger partial charge in [0.05, 0.1) is 0 Å². The molecule has 4 rings (SSSR count). The summed E-state index contributed by atoms with van der Waals surface area (Å²) in [6, 6.07) is 34.5. The predicted molar refractivity (Wildman–Crippen MR) is 173 cm³/mol. The molecule has 0 aromatic heterocycles. The summed E-state index contributed by atoms with van der Waals surface area (Å²) in [6.45, 7) is 2.53. The second-order valence-corrected chi connectivity index (χ2v) is 10.3. The fourth-order valence-electron chi connectivity index (χ4n) is 4.21. The van der Waals surface area contributed by atoms with Crippen molar-refractivity contribution in [3.05, 3.63) is 143 Å². The van der Waals surface area contributed by atoms with Crippen LogP contribution in [0, 0.1) is 0 Å². The van der Waals surface area contributed by atoms with E-state index in [0.29, 0.717) is 47.6 Å². The standard InChI is InChI=1S/2C19H22N2O2.2Pd/c2*22-18-12-6-1-4-10-16(18)20-14-8-3-9-15-21-17-11-5-2-7-13-19(17)23;;/h2*1-2,4-7,10-13H,3,8-9,14-15H2,(H,20,22)(H,21,23);;/q;;2*+2/p-4. The molecule has 10 heteroatoms. The first-order valence-electron chi connectivity index (χ1n) is 15.6. The van der Waals surface area contributed by atoms with Crippen LogP contribution in [0.2, 0.25) is 0 Å². The molecule has 4 aromatic rings. The Balaban J connectivity index is 0.000000461. The molecule has 0 radical (unpaired) electrons. The van der Waals surface area contributed by atoms with Crippen molar-refractivity contribution >= 4 is 0 Å². The van der Waals surface area contributed by atoms with Crippen LogP contribution in [0.4, 0.5) is 0 Å². The first-order chi connectivity index (χ1) is 22.5. The van der Waals surface area contributed by atoms with Gasteiger partial charge in [-0.25, -0.2) is 0 Å². The fourth-order valence-corrected chi connectivity index (χ4v) is 4.21. The Kier molecular flexibility index (Phi) is 22.9. The van der Waals surface area contributed by atoms with Crippen molar-refractivity contribution in [3.8, 4) is 23.0 Å². The topological polar surface area (TPSA) is 142 Å². The monoisotopic (exact) mass is 828 g/mol. The van der Waals surface area contributed by atoms with Crippen molar-refractivity contribution in [1.82, 2.24) is 0 Å². The van der Waals surface area contributed by atoms with Gasteiger partial charge in [-0.3, -0.25) is 20.0 Å². The van der Waals surface area contributed by atoms with E-state index in [1.165, 1.54) is 24.3 Å².